The zero-order valence-corrected chi connectivity index (χ0v) is 34.8. The molecule has 0 aromatic carbocycles. The van der Waals surface area contributed by atoms with E-state index in [1.807, 2.05) is 6.92 Å². The summed E-state index contributed by atoms with van der Waals surface area (Å²) in [6, 6.07) is 0. The summed E-state index contributed by atoms with van der Waals surface area (Å²) in [7, 11) is 0. The molecule has 0 fully saturated rings. The minimum atomic E-state index is -0.0256. The molecule has 0 saturated heterocycles. The third kappa shape index (κ3) is 34.4. The maximum Gasteiger partial charge on any atom is 0.308 e. The first-order valence-corrected chi connectivity index (χ1v) is 22.7. The smallest absolute Gasteiger partial charge is 0.308 e. The van der Waals surface area contributed by atoms with Crippen molar-refractivity contribution < 1.29 is 24.2 Å². The molecule has 1 atom stereocenters. The second-order valence-corrected chi connectivity index (χ2v) is 15.7. The monoisotopic (exact) mass is 724 g/mol. The standard InChI is InChI=1S/C45H89NO5/c1-5-8-11-14-17-24-31-40-50-44(48)42(4)33-26-21-23-30-37-46(38-39-47)36-29-22-18-25-32-41-51-45(49)43(34-27-19-15-12-9-6-2)35-28-20-16-13-10-7-3/h42-43,47H,5-41H2,1-4H3. The number of carbonyl (C=O) groups excluding carboxylic acids is 2. The molecule has 0 aliphatic rings. The highest BCUT2D eigenvalue weighted by Gasteiger charge is 2.19. The second kappa shape index (κ2) is 40.1. The Labute approximate surface area is 318 Å². The average molecular weight is 724 g/mol. The van der Waals surface area contributed by atoms with Crippen molar-refractivity contribution in [1.82, 2.24) is 4.90 Å². The van der Waals surface area contributed by atoms with Crippen LogP contribution in [0.5, 0.6) is 0 Å². The van der Waals surface area contributed by atoms with E-state index < -0.39 is 0 Å². The van der Waals surface area contributed by atoms with Crippen molar-refractivity contribution in [3.63, 3.8) is 0 Å². The van der Waals surface area contributed by atoms with Gasteiger partial charge in [-0.15, -0.1) is 0 Å². The van der Waals surface area contributed by atoms with Crippen LogP contribution in [0.3, 0.4) is 0 Å². The van der Waals surface area contributed by atoms with Crippen molar-refractivity contribution in [3.05, 3.63) is 0 Å². The fourth-order valence-corrected chi connectivity index (χ4v) is 7.09. The fraction of sp³-hybridized carbons (Fsp3) is 0.956. The Bertz CT molecular complexity index is 715. The summed E-state index contributed by atoms with van der Waals surface area (Å²) in [6.07, 6.45) is 36.9. The van der Waals surface area contributed by atoms with Gasteiger partial charge < -0.3 is 19.5 Å². The third-order valence-corrected chi connectivity index (χ3v) is 10.7. The first-order valence-electron chi connectivity index (χ1n) is 22.7. The Morgan fingerprint density at radius 2 is 0.804 bits per heavy atom. The van der Waals surface area contributed by atoms with Crippen LogP contribution in [0.2, 0.25) is 0 Å². The molecule has 0 bridgehead atoms. The van der Waals surface area contributed by atoms with E-state index in [0.29, 0.717) is 13.2 Å². The van der Waals surface area contributed by atoms with Gasteiger partial charge in [-0.3, -0.25) is 9.59 Å². The Morgan fingerprint density at radius 3 is 1.24 bits per heavy atom. The predicted octanol–water partition coefficient (Wildman–Crippen LogP) is 12.8. The van der Waals surface area contributed by atoms with Crippen molar-refractivity contribution in [1.29, 1.82) is 0 Å². The van der Waals surface area contributed by atoms with Gasteiger partial charge in [0.05, 0.1) is 31.7 Å². The molecule has 1 unspecified atom stereocenters. The summed E-state index contributed by atoms with van der Waals surface area (Å²) in [6.45, 7) is 12.9. The van der Waals surface area contributed by atoms with Gasteiger partial charge >= 0.3 is 11.9 Å². The molecule has 0 aromatic rings. The average Bonchev–Trinajstić information content (AvgIpc) is 3.13. The van der Waals surface area contributed by atoms with Gasteiger partial charge in [0.25, 0.3) is 0 Å². The van der Waals surface area contributed by atoms with Crippen molar-refractivity contribution >= 4 is 11.9 Å². The molecule has 304 valence electrons. The number of nitrogens with zero attached hydrogens (tertiary/aromatic N) is 1. The van der Waals surface area contributed by atoms with Crippen LogP contribution < -0.4 is 0 Å². The van der Waals surface area contributed by atoms with E-state index in [9.17, 15) is 14.7 Å². The van der Waals surface area contributed by atoms with Crippen LogP contribution >= 0.6 is 0 Å². The molecular formula is C45H89NO5. The molecule has 51 heavy (non-hydrogen) atoms. The molecule has 0 saturated carbocycles. The van der Waals surface area contributed by atoms with Crippen molar-refractivity contribution in [3.8, 4) is 0 Å². The second-order valence-electron chi connectivity index (χ2n) is 15.7. The SMILES string of the molecule is CCCCCCCCCOC(=O)C(C)CCCCCCN(CCO)CCCCCCCOC(=O)C(CCCCCCCC)CCCCCCCC. The number of esters is 2. The van der Waals surface area contributed by atoms with E-state index in [0.717, 1.165) is 103 Å². The molecular weight excluding hydrogens is 634 g/mol. The molecule has 0 rings (SSSR count). The number of unbranched alkanes of at least 4 members (excludes halogenated alkanes) is 23. The summed E-state index contributed by atoms with van der Waals surface area (Å²) in [4.78, 5) is 27.7. The van der Waals surface area contributed by atoms with Gasteiger partial charge in [-0.1, -0.05) is 182 Å². The Balaban J connectivity index is 4.01. The van der Waals surface area contributed by atoms with Crippen molar-refractivity contribution in [2.45, 2.75) is 227 Å². The minimum absolute atomic E-state index is 0.00535. The summed E-state index contributed by atoms with van der Waals surface area (Å²) < 4.78 is 11.3. The van der Waals surface area contributed by atoms with E-state index in [4.69, 9.17) is 9.47 Å². The Morgan fingerprint density at radius 1 is 0.451 bits per heavy atom. The molecule has 0 amide bonds. The lowest BCUT2D eigenvalue weighted by atomic mass is 9.94. The molecule has 1 N–H and O–H groups in total. The lowest BCUT2D eigenvalue weighted by molar-refractivity contribution is -0.149. The van der Waals surface area contributed by atoms with Gasteiger partial charge in [0.15, 0.2) is 0 Å². The van der Waals surface area contributed by atoms with Gasteiger partial charge in [0, 0.05) is 6.54 Å². The predicted molar refractivity (Wildman–Crippen MR) is 218 cm³/mol. The largest absolute Gasteiger partial charge is 0.465 e. The number of carbonyl (C=O) groups is 2. The first-order chi connectivity index (χ1) is 25.0. The number of aliphatic hydroxyl groups is 1. The fourth-order valence-electron chi connectivity index (χ4n) is 7.09. The molecule has 0 spiro atoms. The van der Waals surface area contributed by atoms with Crippen LogP contribution in [0, 0.1) is 11.8 Å². The van der Waals surface area contributed by atoms with Crippen molar-refractivity contribution in [2.75, 3.05) is 39.5 Å². The highest BCUT2D eigenvalue weighted by molar-refractivity contribution is 5.72. The maximum absolute atomic E-state index is 13.0. The summed E-state index contributed by atoms with van der Waals surface area (Å²) in [5, 5.41) is 9.57. The van der Waals surface area contributed by atoms with Gasteiger partial charge in [0.1, 0.15) is 0 Å². The molecule has 0 aliphatic heterocycles. The van der Waals surface area contributed by atoms with Gasteiger partial charge in [-0.25, -0.2) is 0 Å². The topological polar surface area (TPSA) is 76.1 Å². The molecule has 0 aromatic heterocycles. The van der Waals surface area contributed by atoms with Crippen LogP contribution in [0.4, 0.5) is 0 Å². The van der Waals surface area contributed by atoms with E-state index in [2.05, 4.69) is 25.7 Å². The lowest BCUT2D eigenvalue weighted by Crippen LogP contribution is -2.29. The molecule has 0 heterocycles. The third-order valence-electron chi connectivity index (χ3n) is 10.7. The van der Waals surface area contributed by atoms with E-state index in [-0.39, 0.29) is 30.4 Å². The van der Waals surface area contributed by atoms with E-state index in [1.165, 1.54) is 116 Å². The Kier molecular flexibility index (Phi) is 39.2. The maximum atomic E-state index is 13.0. The number of ether oxygens (including phenoxy) is 2. The highest BCUT2D eigenvalue weighted by Crippen LogP contribution is 2.21. The van der Waals surface area contributed by atoms with Crippen LogP contribution in [-0.2, 0) is 19.1 Å². The van der Waals surface area contributed by atoms with Crippen LogP contribution in [0.1, 0.15) is 227 Å². The van der Waals surface area contributed by atoms with E-state index >= 15 is 0 Å². The first kappa shape index (κ1) is 49.9. The molecule has 0 radical (unpaired) electrons. The van der Waals surface area contributed by atoms with Crippen LogP contribution in [-0.4, -0.2) is 61.4 Å². The number of hydrogen-bond donors (Lipinski definition) is 1. The van der Waals surface area contributed by atoms with E-state index in [1.54, 1.807) is 0 Å². The number of rotatable bonds is 41. The van der Waals surface area contributed by atoms with Gasteiger partial charge in [-0.05, 0) is 58.0 Å². The Hall–Kier alpha value is -1.14. The number of aliphatic hydroxyl groups excluding tert-OH is 1. The normalized spacial score (nSPS) is 12.2. The zero-order chi connectivity index (χ0) is 37.5. The molecule has 6 nitrogen and oxygen atoms in total. The minimum Gasteiger partial charge on any atom is -0.465 e. The summed E-state index contributed by atoms with van der Waals surface area (Å²) in [5.41, 5.74) is 0. The number of hydrogen-bond acceptors (Lipinski definition) is 6. The van der Waals surface area contributed by atoms with Gasteiger partial charge in [-0.2, -0.15) is 0 Å². The zero-order valence-electron chi connectivity index (χ0n) is 34.8. The summed E-state index contributed by atoms with van der Waals surface area (Å²) in [5.74, 6) is 0.121. The van der Waals surface area contributed by atoms with Gasteiger partial charge in [0.2, 0.25) is 0 Å². The molecule has 6 heteroatoms. The lowest BCUT2D eigenvalue weighted by Gasteiger charge is -2.21. The van der Waals surface area contributed by atoms with Crippen LogP contribution in [0.15, 0.2) is 0 Å². The highest BCUT2D eigenvalue weighted by atomic mass is 16.5. The van der Waals surface area contributed by atoms with Crippen molar-refractivity contribution in [2.24, 2.45) is 11.8 Å². The quantitative estimate of drug-likeness (QED) is 0.0500. The van der Waals surface area contributed by atoms with Crippen LogP contribution in [0.25, 0.3) is 0 Å². The molecule has 0 aliphatic carbocycles. The summed E-state index contributed by atoms with van der Waals surface area (Å²) >= 11 is 0.